The minimum absolute atomic E-state index is 0.232. The normalized spacial score (nSPS) is 13.5. The molecule has 1 aliphatic rings. The maximum atomic E-state index is 11.2. The van der Waals surface area contributed by atoms with Crippen molar-refractivity contribution in [2.24, 2.45) is 0 Å². The number of esters is 1. The molecule has 0 bridgehead atoms. The summed E-state index contributed by atoms with van der Waals surface area (Å²) in [7, 11) is 3.12. The zero-order valence-electron chi connectivity index (χ0n) is 21.2. The van der Waals surface area contributed by atoms with Crippen LogP contribution in [0.2, 0.25) is 0 Å². The lowest BCUT2D eigenvalue weighted by atomic mass is 9.94. The number of carbonyl (C=O) groups is 1. The predicted molar refractivity (Wildman–Crippen MR) is 141 cm³/mol. The van der Waals surface area contributed by atoms with Crippen LogP contribution in [0.15, 0.2) is 60.7 Å². The number of rotatable bonds is 11. The first-order chi connectivity index (χ1) is 17.6. The van der Waals surface area contributed by atoms with Crippen LogP contribution in [0.25, 0.3) is 11.1 Å². The Morgan fingerprint density at radius 3 is 2.42 bits per heavy atom. The van der Waals surface area contributed by atoms with Crippen molar-refractivity contribution in [3.63, 3.8) is 0 Å². The van der Waals surface area contributed by atoms with Crippen molar-refractivity contribution in [1.82, 2.24) is 4.90 Å². The highest BCUT2D eigenvalue weighted by Gasteiger charge is 2.15. The molecule has 0 saturated carbocycles. The van der Waals surface area contributed by atoms with Crippen LogP contribution in [-0.4, -0.2) is 49.9 Å². The predicted octanol–water partition coefficient (Wildman–Crippen LogP) is 5.59. The molecule has 6 nitrogen and oxygen atoms in total. The quantitative estimate of drug-likeness (QED) is 0.280. The third-order valence-electron chi connectivity index (χ3n) is 6.62. The van der Waals surface area contributed by atoms with Crippen LogP contribution in [-0.2, 0) is 22.5 Å². The van der Waals surface area contributed by atoms with E-state index in [1.807, 2.05) is 30.3 Å². The van der Waals surface area contributed by atoms with Gasteiger partial charge in [-0.2, -0.15) is 0 Å². The molecule has 190 valence electrons. The van der Waals surface area contributed by atoms with Gasteiger partial charge in [-0.25, -0.2) is 0 Å². The largest absolute Gasteiger partial charge is 0.508 e. The van der Waals surface area contributed by atoms with Gasteiger partial charge in [0.2, 0.25) is 0 Å². The van der Waals surface area contributed by atoms with Gasteiger partial charge in [0, 0.05) is 18.5 Å². The number of aromatic hydroxyl groups is 1. The summed E-state index contributed by atoms with van der Waals surface area (Å²) in [6.07, 6.45) is 4.21. The molecule has 6 heteroatoms. The molecule has 0 radical (unpaired) electrons. The molecule has 3 aromatic rings. The van der Waals surface area contributed by atoms with Crippen LogP contribution >= 0.6 is 0 Å². The lowest BCUT2D eigenvalue weighted by Crippen LogP contribution is -2.18. The number of hydrogen-bond acceptors (Lipinski definition) is 6. The molecule has 0 spiro atoms. The van der Waals surface area contributed by atoms with Crippen LogP contribution in [0.1, 0.15) is 42.4 Å². The summed E-state index contributed by atoms with van der Waals surface area (Å²) in [6.45, 7) is 3.67. The van der Waals surface area contributed by atoms with Gasteiger partial charge in [0.05, 0.1) is 20.8 Å². The van der Waals surface area contributed by atoms with Gasteiger partial charge >= 0.3 is 5.97 Å². The summed E-state index contributed by atoms with van der Waals surface area (Å²) in [6, 6.07) is 19.8. The van der Waals surface area contributed by atoms with Crippen molar-refractivity contribution in [3.05, 3.63) is 77.4 Å². The van der Waals surface area contributed by atoms with Crippen LogP contribution in [0, 0.1) is 0 Å². The van der Waals surface area contributed by atoms with Crippen molar-refractivity contribution < 1.29 is 24.1 Å². The molecule has 1 N–H and O–H groups in total. The van der Waals surface area contributed by atoms with E-state index in [4.69, 9.17) is 9.47 Å². The number of phenols is 1. The van der Waals surface area contributed by atoms with E-state index < -0.39 is 0 Å². The van der Waals surface area contributed by atoms with E-state index in [1.54, 1.807) is 19.2 Å². The number of hydrogen-bond donors (Lipinski definition) is 1. The van der Waals surface area contributed by atoms with Gasteiger partial charge in [-0.1, -0.05) is 30.3 Å². The number of benzene rings is 3. The van der Waals surface area contributed by atoms with Gasteiger partial charge in [0.25, 0.3) is 0 Å². The molecule has 36 heavy (non-hydrogen) atoms. The Morgan fingerprint density at radius 1 is 0.944 bits per heavy atom. The number of carbonyl (C=O) groups excluding carboxylic acids is 1. The van der Waals surface area contributed by atoms with E-state index in [2.05, 4.69) is 27.8 Å². The fourth-order valence-electron chi connectivity index (χ4n) is 4.66. The summed E-state index contributed by atoms with van der Waals surface area (Å²) in [5.74, 6) is 1.66. The third-order valence-corrected chi connectivity index (χ3v) is 6.62. The Balaban J connectivity index is 1.46. The first kappa shape index (κ1) is 25.6. The molecule has 3 aromatic carbocycles. The molecular weight excluding hydrogens is 454 g/mol. The van der Waals surface area contributed by atoms with Crippen LogP contribution in [0.3, 0.4) is 0 Å². The second-order valence-corrected chi connectivity index (χ2v) is 9.20. The standard InChI is InChI=1S/C30H35NO5/c1-34-29-19-22(7-8-25(29)21-31-15-3-4-16-31)18-24-9-12-26(32)20-28(24)23-10-13-27(14-11-23)36-17-5-6-30(33)35-2/h7-14,19-20,32H,3-6,15-18,21H2,1-2H3. The van der Waals surface area contributed by atoms with E-state index in [0.29, 0.717) is 19.4 Å². The van der Waals surface area contributed by atoms with Gasteiger partial charge in [-0.05, 0) is 91.4 Å². The van der Waals surface area contributed by atoms with Crippen LogP contribution < -0.4 is 9.47 Å². The van der Waals surface area contributed by atoms with Crippen molar-refractivity contribution in [1.29, 1.82) is 0 Å². The topological polar surface area (TPSA) is 68.2 Å². The third kappa shape index (κ3) is 6.79. The number of nitrogens with zero attached hydrogens (tertiary/aromatic N) is 1. The molecule has 4 rings (SSSR count). The van der Waals surface area contributed by atoms with E-state index in [0.717, 1.165) is 59.8 Å². The zero-order chi connectivity index (χ0) is 25.3. The van der Waals surface area contributed by atoms with Gasteiger partial charge < -0.3 is 19.3 Å². The van der Waals surface area contributed by atoms with Crippen molar-refractivity contribution in [2.75, 3.05) is 33.9 Å². The Morgan fingerprint density at radius 2 is 1.69 bits per heavy atom. The van der Waals surface area contributed by atoms with E-state index in [9.17, 15) is 9.90 Å². The van der Waals surface area contributed by atoms with Crippen molar-refractivity contribution in [3.8, 4) is 28.4 Å². The van der Waals surface area contributed by atoms with E-state index in [-0.39, 0.29) is 11.7 Å². The van der Waals surface area contributed by atoms with Gasteiger partial charge in [-0.15, -0.1) is 0 Å². The lowest BCUT2D eigenvalue weighted by Gasteiger charge is -2.18. The minimum Gasteiger partial charge on any atom is -0.508 e. The Hall–Kier alpha value is -3.51. The fourth-order valence-corrected chi connectivity index (χ4v) is 4.66. The first-order valence-electron chi connectivity index (χ1n) is 12.6. The molecule has 0 aromatic heterocycles. The highest BCUT2D eigenvalue weighted by molar-refractivity contribution is 5.70. The number of phenolic OH excluding ortho intramolecular Hbond substituents is 1. The smallest absolute Gasteiger partial charge is 0.305 e. The molecule has 0 unspecified atom stereocenters. The Labute approximate surface area is 213 Å². The number of likely N-dealkylation sites (tertiary alicyclic amines) is 1. The molecule has 1 aliphatic heterocycles. The second kappa shape index (κ2) is 12.5. The molecule has 0 atom stereocenters. The fraction of sp³-hybridized carbons (Fsp3) is 0.367. The molecule has 0 aliphatic carbocycles. The first-order valence-corrected chi connectivity index (χ1v) is 12.6. The average molecular weight is 490 g/mol. The maximum absolute atomic E-state index is 11.2. The summed E-state index contributed by atoms with van der Waals surface area (Å²) < 4.78 is 16.1. The monoisotopic (exact) mass is 489 g/mol. The molecular formula is C30H35NO5. The molecule has 1 saturated heterocycles. The number of methoxy groups -OCH3 is 2. The summed E-state index contributed by atoms with van der Waals surface area (Å²) in [5.41, 5.74) is 5.48. The highest BCUT2D eigenvalue weighted by atomic mass is 16.5. The molecule has 1 heterocycles. The Kier molecular flexibility index (Phi) is 8.85. The van der Waals surface area contributed by atoms with Crippen LogP contribution in [0.5, 0.6) is 17.2 Å². The summed E-state index contributed by atoms with van der Waals surface area (Å²) >= 11 is 0. The van der Waals surface area contributed by atoms with E-state index >= 15 is 0 Å². The van der Waals surface area contributed by atoms with Crippen LogP contribution in [0.4, 0.5) is 0 Å². The highest BCUT2D eigenvalue weighted by Crippen LogP contribution is 2.32. The van der Waals surface area contributed by atoms with Crippen molar-refractivity contribution >= 4 is 5.97 Å². The average Bonchev–Trinajstić information content (AvgIpc) is 3.42. The zero-order valence-corrected chi connectivity index (χ0v) is 21.2. The molecule has 0 amide bonds. The minimum atomic E-state index is -0.232. The number of ether oxygens (including phenoxy) is 3. The summed E-state index contributed by atoms with van der Waals surface area (Å²) in [5, 5.41) is 10.2. The molecule has 1 fully saturated rings. The van der Waals surface area contributed by atoms with E-state index in [1.165, 1.54) is 25.5 Å². The second-order valence-electron chi connectivity index (χ2n) is 9.20. The van der Waals surface area contributed by atoms with Gasteiger partial charge in [0.1, 0.15) is 17.2 Å². The van der Waals surface area contributed by atoms with Gasteiger partial charge in [-0.3, -0.25) is 9.69 Å². The SMILES string of the molecule is COC(=O)CCCOc1ccc(-c2cc(O)ccc2Cc2ccc(CN3CCCC3)c(OC)c2)cc1. The Bertz CT molecular complexity index is 1150. The lowest BCUT2D eigenvalue weighted by molar-refractivity contribution is -0.140. The summed E-state index contributed by atoms with van der Waals surface area (Å²) in [4.78, 5) is 13.7. The van der Waals surface area contributed by atoms with Gasteiger partial charge in [0.15, 0.2) is 0 Å². The van der Waals surface area contributed by atoms with Crippen molar-refractivity contribution in [2.45, 2.75) is 38.6 Å². The maximum Gasteiger partial charge on any atom is 0.305 e.